The molecule has 0 bridgehead atoms. The Balaban J connectivity index is 1.80. The van der Waals surface area contributed by atoms with E-state index >= 15 is 0 Å². The number of nitrogens with one attached hydrogen (secondary N) is 2. The fourth-order valence-corrected chi connectivity index (χ4v) is 2.96. The third-order valence-electron chi connectivity index (χ3n) is 4.52. The number of carbonyl (C=O) groups is 2. The molecule has 136 valence electrons. The molecule has 1 aromatic carbocycles. The molecule has 1 aliphatic rings. The van der Waals surface area contributed by atoms with Crippen molar-refractivity contribution in [2.75, 3.05) is 25.0 Å². The molecule has 2 rings (SSSR count). The second kappa shape index (κ2) is 8.81. The van der Waals surface area contributed by atoms with Gasteiger partial charge in [-0.1, -0.05) is 29.3 Å². The monoisotopic (exact) mass is 343 g/mol. The van der Waals surface area contributed by atoms with Crippen molar-refractivity contribution < 1.29 is 9.59 Å². The van der Waals surface area contributed by atoms with Crippen molar-refractivity contribution in [1.82, 2.24) is 10.2 Å². The number of amides is 2. The van der Waals surface area contributed by atoms with Gasteiger partial charge in [-0.15, -0.1) is 0 Å². The van der Waals surface area contributed by atoms with Crippen molar-refractivity contribution in [3.63, 3.8) is 0 Å². The standard InChI is InChI=1S/C20H29N3O2/c1-14(2)7-10-23-11-8-17(9-12-23)21-19(24)20(25)22-18-6-5-15(3)13-16(18)4/h5-7,13,17H,8-12H2,1-4H3,(H,21,24)(H,22,25). The minimum Gasteiger partial charge on any atom is -0.345 e. The summed E-state index contributed by atoms with van der Waals surface area (Å²) in [5.74, 6) is -1.15. The van der Waals surface area contributed by atoms with Crippen LogP contribution >= 0.6 is 0 Å². The van der Waals surface area contributed by atoms with Crippen LogP contribution < -0.4 is 10.6 Å². The molecule has 0 aromatic heterocycles. The molecular weight excluding hydrogens is 314 g/mol. The molecule has 1 aromatic rings. The minimum atomic E-state index is -0.598. The largest absolute Gasteiger partial charge is 0.345 e. The van der Waals surface area contributed by atoms with Crippen molar-refractivity contribution in [2.45, 2.75) is 46.6 Å². The highest BCUT2D eigenvalue weighted by atomic mass is 16.2. The summed E-state index contributed by atoms with van der Waals surface area (Å²) in [6, 6.07) is 5.80. The van der Waals surface area contributed by atoms with E-state index in [1.807, 2.05) is 32.0 Å². The quantitative estimate of drug-likeness (QED) is 0.653. The summed E-state index contributed by atoms with van der Waals surface area (Å²) in [6.07, 6.45) is 3.97. The van der Waals surface area contributed by atoms with Crippen LogP contribution in [0.2, 0.25) is 0 Å². The average Bonchev–Trinajstić information content (AvgIpc) is 2.56. The van der Waals surface area contributed by atoms with E-state index in [2.05, 4.69) is 35.5 Å². The number of hydrogen-bond acceptors (Lipinski definition) is 3. The van der Waals surface area contributed by atoms with Gasteiger partial charge in [0.05, 0.1) is 0 Å². The number of piperidine rings is 1. The molecule has 1 aliphatic heterocycles. The van der Waals surface area contributed by atoms with Crippen LogP contribution in [0.4, 0.5) is 5.69 Å². The lowest BCUT2D eigenvalue weighted by atomic mass is 10.0. The number of hydrogen-bond donors (Lipinski definition) is 2. The molecule has 25 heavy (non-hydrogen) atoms. The van der Waals surface area contributed by atoms with Crippen LogP contribution in [0.3, 0.4) is 0 Å². The minimum absolute atomic E-state index is 0.0697. The first-order valence-corrected chi connectivity index (χ1v) is 8.90. The highest BCUT2D eigenvalue weighted by Crippen LogP contribution is 2.16. The van der Waals surface area contributed by atoms with Gasteiger partial charge in [0.15, 0.2) is 0 Å². The van der Waals surface area contributed by atoms with Crippen molar-refractivity contribution in [3.05, 3.63) is 41.0 Å². The Morgan fingerprint density at radius 1 is 1.16 bits per heavy atom. The molecule has 2 amide bonds. The van der Waals surface area contributed by atoms with Gasteiger partial charge in [-0.05, 0) is 52.2 Å². The third kappa shape index (κ3) is 6.02. The van der Waals surface area contributed by atoms with Crippen molar-refractivity contribution in [1.29, 1.82) is 0 Å². The zero-order chi connectivity index (χ0) is 18.4. The Morgan fingerprint density at radius 2 is 1.84 bits per heavy atom. The van der Waals surface area contributed by atoms with Crippen LogP contribution in [0.1, 0.15) is 37.8 Å². The van der Waals surface area contributed by atoms with Gasteiger partial charge in [-0.25, -0.2) is 0 Å². The number of carbonyl (C=O) groups excluding carboxylic acids is 2. The molecule has 0 unspecified atom stereocenters. The summed E-state index contributed by atoms with van der Waals surface area (Å²) >= 11 is 0. The molecule has 0 saturated carbocycles. The van der Waals surface area contributed by atoms with E-state index in [-0.39, 0.29) is 6.04 Å². The van der Waals surface area contributed by atoms with E-state index in [9.17, 15) is 9.59 Å². The molecule has 5 nitrogen and oxygen atoms in total. The Hall–Kier alpha value is -2.14. The van der Waals surface area contributed by atoms with Gasteiger partial charge in [0.25, 0.3) is 0 Å². The summed E-state index contributed by atoms with van der Waals surface area (Å²) in [7, 11) is 0. The number of anilines is 1. The highest BCUT2D eigenvalue weighted by Gasteiger charge is 2.23. The van der Waals surface area contributed by atoms with Crippen LogP contribution in [0.15, 0.2) is 29.8 Å². The normalized spacial score (nSPS) is 15.5. The first-order chi connectivity index (χ1) is 11.8. The fourth-order valence-electron chi connectivity index (χ4n) is 2.96. The Labute approximate surface area is 150 Å². The lowest BCUT2D eigenvalue weighted by molar-refractivity contribution is -0.136. The molecule has 0 atom stereocenters. The topological polar surface area (TPSA) is 61.4 Å². The van der Waals surface area contributed by atoms with Gasteiger partial charge >= 0.3 is 11.8 Å². The molecule has 1 saturated heterocycles. The summed E-state index contributed by atoms with van der Waals surface area (Å²) in [5, 5.41) is 5.56. The predicted octanol–water partition coefficient (Wildman–Crippen LogP) is 2.79. The zero-order valence-electron chi connectivity index (χ0n) is 15.7. The predicted molar refractivity (Wildman–Crippen MR) is 102 cm³/mol. The summed E-state index contributed by atoms with van der Waals surface area (Å²) in [5.41, 5.74) is 4.08. The number of allylic oxidation sites excluding steroid dienone is 1. The summed E-state index contributed by atoms with van der Waals surface area (Å²) in [4.78, 5) is 26.6. The van der Waals surface area contributed by atoms with Crippen LogP contribution in [0.5, 0.6) is 0 Å². The third-order valence-corrected chi connectivity index (χ3v) is 4.52. The van der Waals surface area contributed by atoms with Crippen molar-refractivity contribution in [2.24, 2.45) is 0 Å². The lowest BCUT2D eigenvalue weighted by Crippen LogP contribution is -2.47. The van der Waals surface area contributed by atoms with Gasteiger partial charge in [0, 0.05) is 31.4 Å². The Morgan fingerprint density at radius 3 is 2.44 bits per heavy atom. The zero-order valence-corrected chi connectivity index (χ0v) is 15.7. The van der Waals surface area contributed by atoms with Gasteiger partial charge < -0.3 is 10.6 Å². The second-order valence-electron chi connectivity index (χ2n) is 7.10. The van der Waals surface area contributed by atoms with E-state index in [4.69, 9.17) is 0 Å². The van der Waals surface area contributed by atoms with E-state index in [1.54, 1.807) is 0 Å². The second-order valence-corrected chi connectivity index (χ2v) is 7.10. The van der Waals surface area contributed by atoms with Gasteiger partial charge in [0.1, 0.15) is 0 Å². The smallest absolute Gasteiger partial charge is 0.313 e. The Bertz CT molecular complexity index is 655. The molecule has 2 N–H and O–H groups in total. The molecule has 0 radical (unpaired) electrons. The summed E-state index contributed by atoms with van der Waals surface area (Å²) < 4.78 is 0. The van der Waals surface area contributed by atoms with Gasteiger partial charge in [-0.2, -0.15) is 0 Å². The average molecular weight is 343 g/mol. The number of benzene rings is 1. The SMILES string of the molecule is CC(C)=CCN1CCC(NC(=O)C(=O)Nc2ccc(C)cc2C)CC1. The number of aryl methyl sites for hydroxylation is 2. The van der Waals surface area contributed by atoms with Gasteiger partial charge in [-0.3, -0.25) is 14.5 Å². The van der Waals surface area contributed by atoms with Crippen molar-refractivity contribution in [3.8, 4) is 0 Å². The number of nitrogens with zero attached hydrogens (tertiary/aromatic N) is 1. The summed E-state index contributed by atoms with van der Waals surface area (Å²) in [6.45, 7) is 10.9. The molecular formula is C20H29N3O2. The molecule has 0 aliphatic carbocycles. The number of likely N-dealkylation sites (tertiary alicyclic amines) is 1. The highest BCUT2D eigenvalue weighted by molar-refractivity contribution is 6.39. The van der Waals surface area contributed by atoms with Crippen LogP contribution in [-0.4, -0.2) is 42.4 Å². The first-order valence-electron chi connectivity index (χ1n) is 8.90. The van der Waals surface area contributed by atoms with Crippen LogP contribution in [0, 0.1) is 13.8 Å². The van der Waals surface area contributed by atoms with Crippen LogP contribution in [-0.2, 0) is 9.59 Å². The molecule has 1 heterocycles. The number of rotatable bonds is 4. The molecule has 1 fully saturated rings. The van der Waals surface area contributed by atoms with Crippen LogP contribution in [0.25, 0.3) is 0 Å². The van der Waals surface area contributed by atoms with E-state index in [1.165, 1.54) is 5.57 Å². The van der Waals surface area contributed by atoms with Crippen molar-refractivity contribution >= 4 is 17.5 Å². The Kier molecular flexibility index (Phi) is 6.76. The maximum absolute atomic E-state index is 12.1. The van der Waals surface area contributed by atoms with E-state index < -0.39 is 11.8 Å². The maximum atomic E-state index is 12.1. The lowest BCUT2D eigenvalue weighted by Gasteiger charge is -2.31. The molecule has 5 heteroatoms. The molecule has 0 spiro atoms. The first kappa shape index (κ1) is 19.2. The fraction of sp³-hybridized carbons (Fsp3) is 0.500. The van der Waals surface area contributed by atoms with E-state index in [0.29, 0.717) is 5.69 Å². The van der Waals surface area contributed by atoms with E-state index in [0.717, 1.165) is 43.6 Å². The maximum Gasteiger partial charge on any atom is 0.313 e. The van der Waals surface area contributed by atoms with Gasteiger partial charge in [0.2, 0.25) is 0 Å².